The molecule has 0 saturated heterocycles. The first-order valence-electron chi connectivity index (χ1n) is 20.8. The number of aromatic hydroxyl groups is 2. The lowest BCUT2D eigenvalue weighted by Gasteiger charge is -2.18. The molecule has 0 unspecified atom stereocenters. The molecule has 0 aromatic heterocycles. The molecule has 0 heterocycles. The van der Waals surface area contributed by atoms with E-state index < -0.39 is 0 Å². The number of hydrogen-bond donors (Lipinski definition) is 2. The third-order valence-corrected chi connectivity index (χ3v) is 11.9. The number of phenolic OH excluding ortho intramolecular Hbond substituents is 2. The highest BCUT2D eigenvalue weighted by molar-refractivity contribution is 5.95. The second kappa shape index (κ2) is 23.7. The number of rotatable bonds is 27. The van der Waals surface area contributed by atoms with Gasteiger partial charge in [-0.2, -0.15) is 0 Å². The van der Waals surface area contributed by atoms with Gasteiger partial charge < -0.3 is 10.2 Å². The van der Waals surface area contributed by atoms with Crippen LogP contribution in [0, 0.1) is 48.3 Å². The third kappa shape index (κ3) is 16.8. The van der Waals surface area contributed by atoms with E-state index in [4.69, 9.17) is 0 Å². The van der Waals surface area contributed by atoms with Crippen LogP contribution in [0.2, 0.25) is 0 Å². The molecule has 2 nitrogen and oxygen atoms in total. The zero-order chi connectivity index (χ0) is 35.5. The highest BCUT2D eigenvalue weighted by atomic mass is 16.3. The van der Waals surface area contributed by atoms with Crippen molar-refractivity contribution in [2.24, 2.45) is 41.4 Å². The molecule has 0 bridgehead atoms. The van der Waals surface area contributed by atoms with Crippen molar-refractivity contribution in [3.8, 4) is 11.5 Å². The molecule has 0 fully saturated rings. The van der Waals surface area contributed by atoms with E-state index in [2.05, 4.69) is 55.4 Å². The van der Waals surface area contributed by atoms with Crippen molar-refractivity contribution in [2.45, 2.75) is 191 Å². The standard InChI is InChI=1S/C46H80O2/c1-34(2)18-12-19-35(3)20-13-21-36(4)22-14-23-37(5)24-15-25-38(6)26-16-27-39(7)28-17-29-40(8)32-33-42-41(9)45(47)43-30-10-11-31-44(43)46(42)48/h10-11,30-31,34-40,47-48H,12-29,32-33H2,1-9H3/t35-,36-,37-,38-,39-,40-/m1/s1. The van der Waals surface area contributed by atoms with Gasteiger partial charge in [0.25, 0.3) is 0 Å². The summed E-state index contributed by atoms with van der Waals surface area (Å²) in [7, 11) is 0. The van der Waals surface area contributed by atoms with Crippen LogP contribution in [0.1, 0.15) is 189 Å². The van der Waals surface area contributed by atoms with Gasteiger partial charge in [-0.3, -0.25) is 0 Å². The summed E-state index contributed by atoms with van der Waals surface area (Å²) in [5.74, 6) is 6.55. The Morgan fingerprint density at radius 1 is 0.417 bits per heavy atom. The predicted octanol–water partition coefficient (Wildman–Crippen LogP) is 15.0. The van der Waals surface area contributed by atoms with E-state index in [1.54, 1.807) is 0 Å². The minimum Gasteiger partial charge on any atom is -0.507 e. The first-order chi connectivity index (χ1) is 22.9. The largest absolute Gasteiger partial charge is 0.507 e. The van der Waals surface area contributed by atoms with E-state index in [1.165, 1.54) is 116 Å². The van der Waals surface area contributed by atoms with E-state index in [1.807, 2.05) is 31.2 Å². The van der Waals surface area contributed by atoms with Crippen LogP contribution in [-0.2, 0) is 6.42 Å². The van der Waals surface area contributed by atoms with E-state index in [9.17, 15) is 10.2 Å². The predicted molar refractivity (Wildman–Crippen MR) is 213 cm³/mol. The number of hydrogen-bond acceptors (Lipinski definition) is 2. The zero-order valence-corrected chi connectivity index (χ0v) is 33.4. The molecule has 276 valence electrons. The Labute approximate surface area is 299 Å². The zero-order valence-electron chi connectivity index (χ0n) is 33.4. The average Bonchev–Trinajstić information content (AvgIpc) is 3.03. The Kier molecular flexibility index (Phi) is 20.9. The van der Waals surface area contributed by atoms with Crippen molar-refractivity contribution in [1.29, 1.82) is 0 Å². The first kappa shape index (κ1) is 42.5. The van der Waals surface area contributed by atoms with E-state index in [-0.39, 0.29) is 0 Å². The Bertz CT molecular complexity index is 1120. The van der Waals surface area contributed by atoms with Gasteiger partial charge in [-0.15, -0.1) is 0 Å². The average molecular weight is 665 g/mol. The van der Waals surface area contributed by atoms with Crippen LogP contribution in [-0.4, -0.2) is 10.2 Å². The van der Waals surface area contributed by atoms with Gasteiger partial charge in [0.2, 0.25) is 0 Å². The van der Waals surface area contributed by atoms with Crippen molar-refractivity contribution in [1.82, 2.24) is 0 Å². The number of fused-ring (bicyclic) bond motifs is 1. The lowest BCUT2D eigenvalue weighted by molar-refractivity contribution is 0.356. The van der Waals surface area contributed by atoms with Gasteiger partial charge >= 0.3 is 0 Å². The van der Waals surface area contributed by atoms with Crippen molar-refractivity contribution in [3.05, 3.63) is 35.4 Å². The summed E-state index contributed by atoms with van der Waals surface area (Å²) in [6.07, 6.45) is 27.0. The lowest BCUT2D eigenvalue weighted by Crippen LogP contribution is -2.03. The van der Waals surface area contributed by atoms with Crippen molar-refractivity contribution < 1.29 is 10.2 Å². The fourth-order valence-corrected chi connectivity index (χ4v) is 8.09. The van der Waals surface area contributed by atoms with Gasteiger partial charge in [-0.05, 0) is 66.8 Å². The van der Waals surface area contributed by atoms with Crippen molar-refractivity contribution in [3.63, 3.8) is 0 Å². The molecule has 48 heavy (non-hydrogen) atoms. The van der Waals surface area contributed by atoms with Crippen LogP contribution in [0.3, 0.4) is 0 Å². The van der Waals surface area contributed by atoms with Gasteiger partial charge in [-0.1, -0.05) is 195 Å². The molecule has 6 atom stereocenters. The molecule has 0 aliphatic heterocycles. The van der Waals surface area contributed by atoms with Gasteiger partial charge in [0.1, 0.15) is 11.5 Å². The molecular weight excluding hydrogens is 585 g/mol. The van der Waals surface area contributed by atoms with Crippen LogP contribution in [0.5, 0.6) is 11.5 Å². The quantitative estimate of drug-likeness (QED) is 0.0933. The molecule has 0 aliphatic rings. The Morgan fingerprint density at radius 2 is 0.708 bits per heavy atom. The molecule has 2 aromatic carbocycles. The molecule has 2 N–H and O–H groups in total. The van der Waals surface area contributed by atoms with E-state index in [0.717, 1.165) is 70.2 Å². The summed E-state index contributed by atoms with van der Waals surface area (Å²) < 4.78 is 0. The molecule has 0 spiro atoms. The van der Waals surface area contributed by atoms with Crippen molar-refractivity contribution in [2.75, 3.05) is 0 Å². The lowest BCUT2D eigenvalue weighted by atomic mass is 9.88. The minimum absolute atomic E-state index is 0.317. The van der Waals surface area contributed by atoms with Crippen LogP contribution in [0.4, 0.5) is 0 Å². The summed E-state index contributed by atoms with van der Waals surface area (Å²) in [6, 6.07) is 7.62. The topological polar surface area (TPSA) is 40.5 Å². The summed E-state index contributed by atoms with van der Waals surface area (Å²) in [4.78, 5) is 0. The van der Waals surface area contributed by atoms with Gasteiger partial charge in [0.05, 0.1) is 0 Å². The third-order valence-electron chi connectivity index (χ3n) is 11.9. The maximum atomic E-state index is 10.9. The first-order valence-corrected chi connectivity index (χ1v) is 20.8. The minimum atomic E-state index is 0.317. The summed E-state index contributed by atoms with van der Waals surface area (Å²) >= 11 is 0. The Balaban J connectivity index is 1.48. The number of phenols is 2. The molecule has 0 radical (unpaired) electrons. The fourth-order valence-electron chi connectivity index (χ4n) is 8.09. The molecule has 0 aliphatic carbocycles. The van der Waals surface area contributed by atoms with Crippen molar-refractivity contribution >= 4 is 10.8 Å². The maximum Gasteiger partial charge on any atom is 0.127 e. The van der Waals surface area contributed by atoms with E-state index in [0.29, 0.717) is 17.4 Å². The van der Waals surface area contributed by atoms with Crippen LogP contribution in [0.15, 0.2) is 24.3 Å². The summed E-state index contributed by atoms with van der Waals surface area (Å²) in [5.41, 5.74) is 1.74. The molecule has 0 amide bonds. The molecule has 2 heteroatoms. The van der Waals surface area contributed by atoms with Gasteiger partial charge in [-0.25, -0.2) is 0 Å². The molecular formula is C46H80O2. The van der Waals surface area contributed by atoms with Crippen LogP contribution >= 0.6 is 0 Å². The highest BCUT2D eigenvalue weighted by Gasteiger charge is 2.17. The summed E-state index contributed by atoms with van der Waals surface area (Å²) in [6.45, 7) is 21.4. The van der Waals surface area contributed by atoms with Crippen LogP contribution in [0.25, 0.3) is 10.8 Å². The summed E-state index contributed by atoms with van der Waals surface area (Å²) in [5, 5.41) is 23.1. The Morgan fingerprint density at radius 3 is 1.04 bits per heavy atom. The molecule has 2 rings (SSSR count). The second-order valence-corrected chi connectivity index (χ2v) is 17.5. The highest BCUT2D eigenvalue weighted by Crippen LogP contribution is 2.40. The molecule has 2 aromatic rings. The Hall–Kier alpha value is -1.70. The fraction of sp³-hybridized carbons (Fsp3) is 0.783. The SMILES string of the molecule is Cc1c(CC[C@H](C)CCC[C@H](C)CCC[C@H](C)CCC[C@H](C)CCC[C@H](C)CCC[C@H](C)CCCC(C)C)c(O)c2ccccc2c1O. The molecule has 0 saturated carbocycles. The van der Waals surface area contributed by atoms with E-state index >= 15 is 0 Å². The second-order valence-electron chi connectivity index (χ2n) is 17.5. The maximum absolute atomic E-state index is 10.9. The van der Waals surface area contributed by atoms with Crippen LogP contribution < -0.4 is 0 Å². The number of benzene rings is 2. The van der Waals surface area contributed by atoms with Gasteiger partial charge in [0.15, 0.2) is 0 Å². The smallest absolute Gasteiger partial charge is 0.127 e. The van der Waals surface area contributed by atoms with Gasteiger partial charge in [0, 0.05) is 16.3 Å². The normalized spacial score (nSPS) is 15.9. The monoisotopic (exact) mass is 665 g/mol.